The van der Waals surface area contributed by atoms with Gasteiger partial charge in [-0.05, 0) is 63.9 Å². The number of rotatable bonds is 7. The van der Waals surface area contributed by atoms with E-state index >= 15 is 0 Å². The lowest BCUT2D eigenvalue weighted by Gasteiger charge is -2.33. The van der Waals surface area contributed by atoms with E-state index in [0.717, 1.165) is 30.8 Å². The van der Waals surface area contributed by atoms with Crippen LogP contribution in [0, 0.1) is 12.7 Å². The highest BCUT2D eigenvalue weighted by atomic mass is 19.1. The average molecular weight is 280 g/mol. The fourth-order valence-electron chi connectivity index (χ4n) is 2.63. The molecule has 20 heavy (non-hydrogen) atoms. The van der Waals surface area contributed by atoms with Crippen molar-refractivity contribution in [1.29, 1.82) is 0 Å². The molecule has 0 aromatic heterocycles. The fraction of sp³-hybridized carbons (Fsp3) is 0.647. The van der Waals surface area contributed by atoms with Crippen LogP contribution < -0.4 is 10.2 Å². The highest BCUT2D eigenvalue weighted by molar-refractivity contribution is 5.57. The number of hydrogen-bond donors (Lipinski definition) is 1. The summed E-state index contributed by atoms with van der Waals surface area (Å²) in [4.78, 5) is 2.37. The number of benzene rings is 1. The summed E-state index contributed by atoms with van der Waals surface area (Å²) in [5.74, 6) is -0.117. The zero-order valence-corrected chi connectivity index (χ0v) is 13.8. The Bertz CT molecular complexity index is 431. The van der Waals surface area contributed by atoms with E-state index in [0.29, 0.717) is 11.6 Å². The van der Waals surface area contributed by atoms with Crippen LogP contribution in [0.2, 0.25) is 0 Å². The molecular formula is C17H29FN2. The maximum Gasteiger partial charge on any atom is 0.126 e. The number of nitrogens with one attached hydrogen (secondary N) is 1. The standard InChI is InChI=1S/C17H29FN2/c1-7-13(5)20(9-3)17-10-12(4)16(18)11-15(17)14(6)19-8-2/h10-11,13-14,19H,7-9H2,1-6H3. The predicted molar refractivity (Wildman–Crippen MR) is 86.0 cm³/mol. The number of halogens is 1. The van der Waals surface area contributed by atoms with E-state index in [4.69, 9.17) is 0 Å². The third-order valence-electron chi connectivity index (χ3n) is 4.06. The molecule has 0 saturated heterocycles. The van der Waals surface area contributed by atoms with E-state index in [2.05, 4.69) is 44.8 Å². The van der Waals surface area contributed by atoms with Gasteiger partial charge < -0.3 is 10.2 Å². The third-order valence-corrected chi connectivity index (χ3v) is 4.06. The lowest BCUT2D eigenvalue weighted by atomic mass is 10.0. The number of nitrogens with zero attached hydrogens (tertiary/aromatic N) is 1. The zero-order chi connectivity index (χ0) is 15.3. The lowest BCUT2D eigenvalue weighted by Crippen LogP contribution is -2.34. The average Bonchev–Trinajstić information content (AvgIpc) is 2.43. The molecule has 0 aliphatic heterocycles. The van der Waals surface area contributed by atoms with Crippen LogP contribution in [0.1, 0.15) is 58.2 Å². The fourth-order valence-corrected chi connectivity index (χ4v) is 2.63. The minimum atomic E-state index is -0.117. The van der Waals surface area contributed by atoms with Crippen molar-refractivity contribution in [1.82, 2.24) is 5.32 Å². The SMILES string of the molecule is CCNC(C)c1cc(F)c(C)cc1N(CC)C(C)CC. The van der Waals surface area contributed by atoms with Gasteiger partial charge in [-0.3, -0.25) is 0 Å². The molecule has 0 bridgehead atoms. The van der Waals surface area contributed by atoms with Gasteiger partial charge in [0.05, 0.1) is 0 Å². The smallest absolute Gasteiger partial charge is 0.126 e. The number of hydrogen-bond acceptors (Lipinski definition) is 2. The van der Waals surface area contributed by atoms with Crippen molar-refractivity contribution in [3.63, 3.8) is 0 Å². The van der Waals surface area contributed by atoms with Crippen LogP contribution in [0.15, 0.2) is 12.1 Å². The van der Waals surface area contributed by atoms with Gasteiger partial charge in [-0.15, -0.1) is 0 Å². The second-order valence-corrected chi connectivity index (χ2v) is 5.48. The summed E-state index contributed by atoms with van der Waals surface area (Å²) < 4.78 is 14.0. The van der Waals surface area contributed by atoms with Crippen LogP contribution in [0.25, 0.3) is 0 Å². The van der Waals surface area contributed by atoms with Crippen LogP contribution in [0.5, 0.6) is 0 Å². The van der Waals surface area contributed by atoms with Crippen molar-refractivity contribution in [2.24, 2.45) is 0 Å². The molecule has 0 amide bonds. The summed E-state index contributed by atoms with van der Waals surface area (Å²) >= 11 is 0. The highest BCUT2D eigenvalue weighted by Crippen LogP contribution is 2.31. The molecule has 2 nitrogen and oxygen atoms in total. The van der Waals surface area contributed by atoms with E-state index in [-0.39, 0.29) is 11.9 Å². The van der Waals surface area contributed by atoms with Gasteiger partial charge in [-0.1, -0.05) is 13.8 Å². The first kappa shape index (κ1) is 17.0. The maximum absolute atomic E-state index is 14.0. The van der Waals surface area contributed by atoms with Crippen LogP contribution >= 0.6 is 0 Å². The Balaban J connectivity index is 3.30. The molecule has 2 atom stereocenters. The monoisotopic (exact) mass is 280 g/mol. The van der Waals surface area contributed by atoms with Crippen molar-refractivity contribution in [3.05, 3.63) is 29.1 Å². The van der Waals surface area contributed by atoms with Crippen LogP contribution in [-0.2, 0) is 0 Å². The second-order valence-electron chi connectivity index (χ2n) is 5.48. The summed E-state index contributed by atoms with van der Waals surface area (Å²) in [5, 5.41) is 3.39. The Kier molecular flexibility index (Phi) is 6.47. The summed E-state index contributed by atoms with van der Waals surface area (Å²) in [7, 11) is 0. The van der Waals surface area contributed by atoms with Gasteiger partial charge in [0.25, 0.3) is 0 Å². The molecule has 0 saturated carbocycles. The van der Waals surface area contributed by atoms with Gasteiger partial charge in [0.1, 0.15) is 5.82 Å². The lowest BCUT2D eigenvalue weighted by molar-refractivity contribution is 0.568. The molecule has 0 radical (unpaired) electrons. The van der Waals surface area contributed by atoms with E-state index in [1.807, 2.05) is 13.0 Å². The summed E-state index contributed by atoms with van der Waals surface area (Å²) in [6, 6.07) is 4.30. The van der Waals surface area contributed by atoms with E-state index in [1.54, 1.807) is 6.07 Å². The van der Waals surface area contributed by atoms with Crippen molar-refractivity contribution in [2.75, 3.05) is 18.0 Å². The molecule has 114 valence electrons. The second kappa shape index (κ2) is 7.63. The molecule has 0 spiro atoms. The number of aryl methyl sites for hydroxylation is 1. The van der Waals surface area contributed by atoms with Gasteiger partial charge in [-0.25, -0.2) is 4.39 Å². The molecule has 3 heteroatoms. The largest absolute Gasteiger partial charge is 0.369 e. The Hall–Kier alpha value is -1.09. The Morgan fingerprint density at radius 2 is 1.85 bits per heavy atom. The Morgan fingerprint density at radius 1 is 1.20 bits per heavy atom. The minimum absolute atomic E-state index is 0.117. The van der Waals surface area contributed by atoms with Crippen molar-refractivity contribution >= 4 is 5.69 Å². The third kappa shape index (κ3) is 3.72. The molecular weight excluding hydrogens is 251 g/mol. The van der Waals surface area contributed by atoms with E-state index in [9.17, 15) is 4.39 Å². The molecule has 0 heterocycles. The molecule has 0 aliphatic rings. The summed E-state index contributed by atoms with van der Waals surface area (Å²) in [6.07, 6.45) is 1.08. The van der Waals surface area contributed by atoms with Gasteiger partial charge in [-0.2, -0.15) is 0 Å². The Labute approximate surface area is 123 Å². The molecule has 1 aromatic rings. The van der Waals surface area contributed by atoms with Gasteiger partial charge in [0.2, 0.25) is 0 Å². The summed E-state index contributed by atoms with van der Waals surface area (Å²) in [6.45, 7) is 14.4. The van der Waals surface area contributed by atoms with Crippen LogP contribution in [-0.4, -0.2) is 19.1 Å². The van der Waals surface area contributed by atoms with Crippen molar-refractivity contribution in [3.8, 4) is 0 Å². The number of anilines is 1. The molecule has 0 fully saturated rings. The van der Waals surface area contributed by atoms with Crippen LogP contribution in [0.3, 0.4) is 0 Å². The quantitative estimate of drug-likeness (QED) is 0.795. The topological polar surface area (TPSA) is 15.3 Å². The highest BCUT2D eigenvalue weighted by Gasteiger charge is 2.19. The molecule has 1 rings (SSSR count). The molecule has 0 aliphatic carbocycles. The van der Waals surface area contributed by atoms with Crippen LogP contribution in [0.4, 0.5) is 10.1 Å². The normalized spacial score (nSPS) is 14.2. The molecule has 1 aromatic carbocycles. The minimum Gasteiger partial charge on any atom is -0.369 e. The summed E-state index contributed by atoms with van der Waals surface area (Å²) in [5.41, 5.74) is 2.93. The van der Waals surface area contributed by atoms with E-state index < -0.39 is 0 Å². The molecule has 2 unspecified atom stereocenters. The van der Waals surface area contributed by atoms with Gasteiger partial charge in [0.15, 0.2) is 0 Å². The predicted octanol–water partition coefficient (Wildman–Crippen LogP) is 4.43. The Morgan fingerprint density at radius 3 is 2.35 bits per heavy atom. The van der Waals surface area contributed by atoms with Crippen molar-refractivity contribution < 1.29 is 4.39 Å². The van der Waals surface area contributed by atoms with E-state index in [1.165, 1.54) is 0 Å². The van der Waals surface area contributed by atoms with Crippen molar-refractivity contribution in [2.45, 2.75) is 60.0 Å². The first-order valence-electron chi connectivity index (χ1n) is 7.76. The molecule has 1 N–H and O–H groups in total. The van der Waals surface area contributed by atoms with Gasteiger partial charge in [0, 0.05) is 24.3 Å². The first-order valence-corrected chi connectivity index (χ1v) is 7.76. The maximum atomic E-state index is 14.0. The van der Waals surface area contributed by atoms with Gasteiger partial charge >= 0.3 is 0 Å². The first-order chi connectivity index (χ1) is 9.46. The zero-order valence-electron chi connectivity index (χ0n) is 13.8.